The van der Waals surface area contributed by atoms with Gasteiger partial charge in [-0.15, -0.1) is 0 Å². The fourth-order valence-electron chi connectivity index (χ4n) is 1.90. The third-order valence-corrected chi connectivity index (χ3v) is 3.09. The van der Waals surface area contributed by atoms with Crippen molar-refractivity contribution >= 4 is 11.6 Å². The number of aromatic nitrogens is 2. The average Bonchev–Trinajstić information content (AvgIpc) is 2.84. The highest BCUT2D eigenvalue weighted by atomic mass is 15.2. The standard InChI is InChI=1S/C15H21N3/c1-3-5-11-18-12-10-16-15(18)17-14-8-6-13(4-2)7-9-14/h6-10,12H,3-5,11H2,1-2H3,(H,16,17). The summed E-state index contributed by atoms with van der Waals surface area (Å²) in [7, 11) is 0. The number of unbranched alkanes of at least 4 members (excludes halogenated alkanes) is 1. The predicted molar refractivity (Wildman–Crippen MR) is 76.2 cm³/mol. The van der Waals surface area contributed by atoms with Crippen LogP contribution in [-0.4, -0.2) is 9.55 Å². The number of hydrogen-bond acceptors (Lipinski definition) is 2. The first-order valence-corrected chi connectivity index (χ1v) is 6.70. The topological polar surface area (TPSA) is 29.9 Å². The Morgan fingerprint density at radius 1 is 1.17 bits per heavy atom. The van der Waals surface area contributed by atoms with Gasteiger partial charge >= 0.3 is 0 Å². The van der Waals surface area contributed by atoms with Crippen LogP contribution >= 0.6 is 0 Å². The third kappa shape index (κ3) is 3.13. The number of benzene rings is 1. The van der Waals surface area contributed by atoms with Crippen LogP contribution in [0.25, 0.3) is 0 Å². The molecule has 1 N–H and O–H groups in total. The molecule has 0 unspecified atom stereocenters. The van der Waals surface area contributed by atoms with Crippen LogP contribution in [0.15, 0.2) is 36.7 Å². The molecule has 1 aromatic heterocycles. The van der Waals surface area contributed by atoms with Gasteiger partial charge in [-0.05, 0) is 30.5 Å². The monoisotopic (exact) mass is 243 g/mol. The lowest BCUT2D eigenvalue weighted by atomic mass is 10.1. The molecule has 1 aromatic carbocycles. The lowest BCUT2D eigenvalue weighted by Crippen LogP contribution is -2.03. The molecule has 0 aliphatic heterocycles. The summed E-state index contributed by atoms with van der Waals surface area (Å²) in [6.07, 6.45) is 7.32. The Kier molecular flexibility index (Phi) is 4.40. The highest BCUT2D eigenvalue weighted by Crippen LogP contribution is 2.16. The molecule has 3 heteroatoms. The lowest BCUT2D eigenvalue weighted by Gasteiger charge is -2.09. The molecule has 0 amide bonds. The summed E-state index contributed by atoms with van der Waals surface area (Å²) in [6, 6.07) is 8.53. The van der Waals surface area contributed by atoms with Gasteiger partial charge in [0.1, 0.15) is 0 Å². The minimum Gasteiger partial charge on any atom is -0.326 e. The molecule has 0 aliphatic carbocycles. The Balaban J connectivity index is 2.05. The van der Waals surface area contributed by atoms with Crippen LogP contribution in [-0.2, 0) is 13.0 Å². The number of imidazole rings is 1. The molecule has 18 heavy (non-hydrogen) atoms. The van der Waals surface area contributed by atoms with Gasteiger partial charge in [0, 0.05) is 24.6 Å². The van der Waals surface area contributed by atoms with Gasteiger partial charge in [0.2, 0.25) is 5.95 Å². The molecule has 2 aromatic rings. The third-order valence-electron chi connectivity index (χ3n) is 3.09. The summed E-state index contributed by atoms with van der Waals surface area (Å²) in [4.78, 5) is 4.36. The van der Waals surface area contributed by atoms with Gasteiger partial charge in [0.25, 0.3) is 0 Å². The van der Waals surface area contributed by atoms with Crippen molar-refractivity contribution in [2.24, 2.45) is 0 Å². The lowest BCUT2D eigenvalue weighted by molar-refractivity contribution is 0.638. The maximum Gasteiger partial charge on any atom is 0.207 e. The van der Waals surface area contributed by atoms with Crippen LogP contribution in [0, 0.1) is 0 Å². The van der Waals surface area contributed by atoms with E-state index in [-0.39, 0.29) is 0 Å². The van der Waals surface area contributed by atoms with E-state index < -0.39 is 0 Å². The zero-order chi connectivity index (χ0) is 12.8. The molecular weight excluding hydrogens is 222 g/mol. The van der Waals surface area contributed by atoms with Crippen molar-refractivity contribution in [1.29, 1.82) is 0 Å². The van der Waals surface area contributed by atoms with Gasteiger partial charge in [-0.2, -0.15) is 0 Å². The predicted octanol–water partition coefficient (Wildman–Crippen LogP) is 3.99. The van der Waals surface area contributed by atoms with Crippen molar-refractivity contribution in [3.05, 3.63) is 42.2 Å². The highest BCUT2D eigenvalue weighted by Gasteiger charge is 2.02. The van der Waals surface area contributed by atoms with E-state index >= 15 is 0 Å². The van der Waals surface area contributed by atoms with Crippen LogP contribution in [0.3, 0.4) is 0 Å². The highest BCUT2D eigenvalue weighted by molar-refractivity contribution is 5.54. The van der Waals surface area contributed by atoms with Gasteiger partial charge in [0.15, 0.2) is 0 Å². The van der Waals surface area contributed by atoms with E-state index in [1.165, 1.54) is 18.4 Å². The number of aryl methyl sites for hydroxylation is 2. The van der Waals surface area contributed by atoms with Crippen LogP contribution in [0.2, 0.25) is 0 Å². The number of hydrogen-bond donors (Lipinski definition) is 1. The van der Waals surface area contributed by atoms with Gasteiger partial charge in [-0.3, -0.25) is 0 Å². The van der Waals surface area contributed by atoms with E-state index in [1.807, 2.05) is 12.4 Å². The van der Waals surface area contributed by atoms with Crippen LogP contribution in [0.5, 0.6) is 0 Å². The fourth-order valence-corrected chi connectivity index (χ4v) is 1.90. The molecule has 3 nitrogen and oxygen atoms in total. The summed E-state index contributed by atoms with van der Waals surface area (Å²) in [6.45, 7) is 5.39. The van der Waals surface area contributed by atoms with E-state index in [0.29, 0.717) is 0 Å². The maximum atomic E-state index is 4.36. The Bertz CT molecular complexity index is 471. The molecule has 1 heterocycles. The number of nitrogens with one attached hydrogen (secondary N) is 1. The second-order valence-electron chi connectivity index (χ2n) is 4.47. The first-order valence-electron chi connectivity index (χ1n) is 6.70. The Hall–Kier alpha value is -1.77. The van der Waals surface area contributed by atoms with Crippen LogP contribution < -0.4 is 5.32 Å². The first-order chi connectivity index (χ1) is 8.83. The minimum absolute atomic E-state index is 0.924. The summed E-state index contributed by atoms with van der Waals surface area (Å²) >= 11 is 0. The zero-order valence-electron chi connectivity index (χ0n) is 11.2. The molecule has 96 valence electrons. The summed E-state index contributed by atoms with van der Waals surface area (Å²) in [5.74, 6) is 0.924. The van der Waals surface area contributed by atoms with Crippen molar-refractivity contribution in [2.45, 2.75) is 39.7 Å². The van der Waals surface area contributed by atoms with Crippen molar-refractivity contribution in [1.82, 2.24) is 9.55 Å². The number of anilines is 2. The number of rotatable bonds is 6. The van der Waals surface area contributed by atoms with E-state index in [0.717, 1.165) is 24.6 Å². The summed E-state index contributed by atoms with van der Waals surface area (Å²) < 4.78 is 2.16. The molecule has 0 saturated heterocycles. The second-order valence-corrected chi connectivity index (χ2v) is 4.47. The maximum absolute atomic E-state index is 4.36. The Morgan fingerprint density at radius 2 is 1.94 bits per heavy atom. The Labute approximate surface area is 109 Å². The summed E-state index contributed by atoms with van der Waals surface area (Å²) in [5.41, 5.74) is 2.45. The molecule has 0 atom stereocenters. The first kappa shape index (κ1) is 12.7. The van der Waals surface area contributed by atoms with Gasteiger partial charge in [0.05, 0.1) is 0 Å². The zero-order valence-corrected chi connectivity index (χ0v) is 11.2. The molecule has 0 aliphatic rings. The van der Waals surface area contributed by atoms with E-state index in [2.05, 4.69) is 53.0 Å². The van der Waals surface area contributed by atoms with E-state index in [4.69, 9.17) is 0 Å². The number of nitrogens with zero attached hydrogens (tertiary/aromatic N) is 2. The molecule has 0 spiro atoms. The van der Waals surface area contributed by atoms with Crippen LogP contribution in [0.4, 0.5) is 11.6 Å². The molecule has 0 fully saturated rings. The smallest absolute Gasteiger partial charge is 0.207 e. The minimum atomic E-state index is 0.924. The van der Waals surface area contributed by atoms with Gasteiger partial charge in [-0.25, -0.2) is 4.98 Å². The van der Waals surface area contributed by atoms with Gasteiger partial charge in [-0.1, -0.05) is 32.4 Å². The average molecular weight is 243 g/mol. The molecule has 2 rings (SSSR count). The molecule has 0 radical (unpaired) electrons. The molecule has 0 saturated carbocycles. The quantitative estimate of drug-likeness (QED) is 0.831. The molecule has 0 bridgehead atoms. The largest absolute Gasteiger partial charge is 0.326 e. The van der Waals surface area contributed by atoms with Crippen LogP contribution in [0.1, 0.15) is 32.3 Å². The van der Waals surface area contributed by atoms with Crippen molar-refractivity contribution in [2.75, 3.05) is 5.32 Å². The SMILES string of the molecule is CCCCn1ccnc1Nc1ccc(CC)cc1. The van der Waals surface area contributed by atoms with Gasteiger partial charge < -0.3 is 9.88 Å². The second kappa shape index (κ2) is 6.24. The Morgan fingerprint density at radius 3 is 2.61 bits per heavy atom. The van der Waals surface area contributed by atoms with E-state index in [1.54, 1.807) is 0 Å². The summed E-state index contributed by atoms with van der Waals surface area (Å²) in [5, 5.41) is 3.36. The van der Waals surface area contributed by atoms with E-state index in [9.17, 15) is 0 Å². The molecular formula is C15H21N3. The fraction of sp³-hybridized carbons (Fsp3) is 0.400. The normalized spacial score (nSPS) is 10.6. The van der Waals surface area contributed by atoms with Crippen molar-refractivity contribution in [3.63, 3.8) is 0 Å². The van der Waals surface area contributed by atoms with Crippen molar-refractivity contribution in [3.8, 4) is 0 Å². The van der Waals surface area contributed by atoms with Crippen molar-refractivity contribution < 1.29 is 0 Å².